The van der Waals surface area contributed by atoms with Gasteiger partial charge in [0.25, 0.3) is 0 Å². The number of carbonyl (C=O) groups excluding carboxylic acids is 1. The smallest absolute Gasteiger partial charge is 0.333 e. The summed E-state index contributed by atoms with van der Waals surface area (Å²) in [5.41, 5.74) is 6.20. The molecule has 0 aromatic heterocycles. The van der Waals surface area contributed by atoms with Crippen LogP contribution >= 0.6 is 0 Å². The lowest BCUT2D eigenvalue weighted by Crippen LogP contribution is -2.06. The number of allylic oxidation sites excluding steroid dienone is 1. The molecule has 0 radical (unpaired) electrons. The molecule has 0 bridgehead atoms. The van der Waals surface area contributed by atoms with Gasteiger partial charge in [-0.15, -0.1) is 0 Å². The Morgan fingerprint density at radius 1 is 0.692 bits per heavy atom. The molecule has 26 heavy (non-hydrogen) atoms. The summed E-state index contributed by atoms with van der Waals surface area (Å²) in [4.78, 5) is 11.5. The molecule has 0 aliphatic carbocycles. The molecule has 0 atom stereocenters. The summed E-state index contributed by atoms with van der Waals surface area (Å²) in [7, 11) is 0. The van der Waals surface area contributed by atoms with Gasteiger partial charge in [-0.25, -0.2) is 4.79 Å². The molecule has 0 aliphatic heterocycles. The average Bonchev–Trinajstić information content (AvgIpc) is 2.66. The minimum Gasteiger partial charge on any atom is -0.462 e. The summed E-state index contributed by atoms with van der Waals surface area (Å²) in [6.45, 7) is 5.08. The molecule has 0 amide bonds. The molecule has 0 saturated carbocycles. The van der Waals surface area contributed by atoms with Gasteiger partial charge >= 0.3 is 5.97 Å². The van der Waals surface area contributed by atoms with Crippen LogP contribution in [0.2, 0.25) is 0 Å². The number of hydrogen-bond donors (Lipinski definition) is 1. The van der Waals surface area contributed by atoms with Crippen molar-refractivity contribution < 1.29 is 9.53 Å². The second-order valence-corrected chi connectivity index (χ2v) is 7.55. The number of nitrogens with two attached hydrogens (primary N) is 1. The highest BCUT2D eigenvalue weighted by molar-refractivity contribution is 5.87. The van der Waals surface area contributed by atoms with Crippen LogP contribution in [-0.2, 0) is 9.53 Å². The van der Waals surface area contributed by atoms with Crippen molar-refractivity contribution in [1.82, 2.24) is 0 Å². The van der Waals surface area contributed by atoms with Crippen molar-refractivity contribution in [3.05, 3.63) is 11.6 Å². The third kappa shape index (κ3) is 18.0. The van der Waals surface area contributed by atoms with Crippen molar-refractivity contribution in [3.63, 3.8) is 0 Å². The summed E-state index contributed by atoms with van der Waals surface area (Å²) in [6, 6.07) is 0. The minimum atomic E-state index is -0.168. The Morgan fingerprint density at radius 3 is 1.38 bits per heavy atom. The zero-order chi connectivity index (χ0) is 19.3. The second kappa shape index (κ2) is 20.5. The van der Waals surface area contributed by atoms with Crippen LogP contribution in [0.3, 0.4) is 0 Å². The molecule has 0 heterocycles. The van der Waals surface area contributed by atoms with Crippen molar-refractivity contribution in [1.29, 1.82) is 0 Å². The normalized spacial score (nSPS) is 11.7. The first-order valence-electron chi connectivity index (χ1n) is 11.2. The van der Waals surface area contributed by atoms with Gasteiger partial charge < -0.3 is 10.5 Å². The quantitative estimate of drug-likeness (QED) is 0.157. The van der Waals surface area contributed by atoms with E-state index >= 15 is 0 Å². The first-order valence-corrected chi connectivity index (χ1v) is 11.2. The number of carbonyl (C=O) groups is 1. The maximum Gasteiger partial charge on any atom is 0.333 e. The SMILES string of the molecule is CC=C(C)C(=O)OCCCCCCCCCCCCCCCCCCN. The topological polar surface area (TPSA) is 52.3 Å². The molecular weight excluding hydrogens is 322 g/mol. The number of rotatable bonds is 19. The predicted octanol–water partition coefficient (Wildman–Crippen LogP) is 6.70. The highest BCUT2D eigenvalue weighted by atomic mass is 16.5. The van der Waals surface area contributed by atoms with Gasteiger partial charge in [0.15, 0.2) is 0 Å². The zero-order valence-electron chi connectivity index (χ0n) is 17.7. The summed E-state index contributed by atoms with van der Waals surface area (Å²) in [5.74, 6) is -0.168. The maximum atomic E-state index is 11.5. The van der Waals surface area contributed by atoms with Crippen LogP contribution in [0, 0.1) is 0 Å². The molecule has 0 saturated heterocycles. The van der Waals surface area contributed by atoms with E-state index in [0.29, 0.717) is 12.2 Å². The lowest BCUT2D eigenvalue weighted by molar-refractivity contribution is -0.139. The molecule has 0 aliphatic rings. The lowest BCUT2D eigenvalue weighted by atomic mass is 10.0. The molecule has 0 fully saturated rings. The Kier molecular flexibility index (Phi) is 19.8. The molecule has 3 nitrogen and oxygen atoms in total. The molecule has 0 unspecified atom stereocenters. The second-order valence-electron chi connectivity index (χ2n) is 7.55. The van der Waals surface area contributed by atoms with Gasteiger partial charge in [-0.1, -0.05) is 96.0 Å². The first-order chi connectivity index (χ1) is 12.7. The van der Waals surface area contributed by atoms with E-state index in [4.69, 9.17) is 10.5 Å². The Bertz CT molecular complexity index is 339. The molecule has 0 rings (SSSR count). The summed E-state index contributed by atoms with van der Waals surface area (Å²) >= 11 is 0. The Morgan fingerprint density at radius 2 is 1.04 bits per heavy atom. The van der Waals surface area contributed by atoms with Gasteiger partial charge in [-0.05, 0) is 33.2 Å². The Balaban J connectivity index is 3.10. The van der Waals surface area contributed by atoms with E-state index in [1.165, 1.54) is 96.3 Å². The third-order valence-corrected chi connectivity index (χ3v) is 5.09. The van der Waals surface area contributed by atoms with Crippen LogP contribution in [-0.4, -0.2) is 19.1 Å². The van der Waals surface area contributed by atoms with Crippen LogP contribution in [0.25, 0.3) is 0 Å². The van der Waals surface area contributed by atoms with Gasteiger partial charge in [-0.3, -0.25) is 0 Å². The summed E-state index contributed by atoms with van der Waals surface area (Å²) in [6.07, 6.45) is 23.1. The van der Waals surface area contributed by atoms with Gasteiger partial charge in [-0.2, -0.15) is 0 Å². The molecule has 0 aromatic rings. The highest BCUT2D eigenvalue weighted by Gasteiger charge is 2.03. The van der Waals surface area contributed by atoms with E-state index in [1.807, 2.05) is 6.92 Å². The fraction of sp³-hybridized carbons (Fsp3) is 0.870. The van der Waals surface area contributed by atoms with Gasteiger partial charge in [0.1, 0.15) is 0 Å². The van der Waals surface area contributed by atoms with Crippen molar-refractivity contribution >= 4 is 5.97 Å². The largest absolute Gasteiger partial charge is 0.462 e. The standard InChI is InChI=1S/C23H45NO2/c1-3-22(2)23(25)26-21-19-17-15-13-11-9-7-5-4-6-8-10-12-14-16-18-20-24/h3H,4-21,24H2,1-2H3. The van der Waals surface area contributed by atoms with Crippen molar-refractivity contribution in [2.75, 3.05) is 13.2 Å². The van der Waals surface area contributed by atoms with Crippen LogP contribution in [0.1, 0.15) is 117 Å². The van der Waals surface area contributed by atoms with Crippen LogP contribution in [0.5, 0.6) is 0 Å². The molecule has 154 valence electrons. The zero-order valence-corrected chi connectivity index (χ0v) is 17.7. The Hall–Kier alpha value is -0.830. The van der Waals surface area contributed by atoms with Crippen LogP contribution in [0.4, 0.5) is 0 Å². The Labute approximate surface area is 163 Å². The highest BCUT2D eigenvalue weighted by Crippen LogP contribution is 2.13. The minimum absolute atomic E-state index is 0.168. The van der Waals surface area contributed by atoms with E-state index in [0.717, 1.165) is 13.0 Å². The van der Waals surface area contributed by atoms with Crippen molar-refractivity contribution in [2.24, 2.45) is 5.73 Å². The van der Waals surface area contributed by atoms with E-state index in [2.05, 4.69) is 0 Å². The fourth-order valence-electron chi connectivity index (χ4n) is 3.12. The number of esters is 1. The molecule has 0 aromatic carbocycles. The number of unbranched alkanes of at least 4 members (excludes halogenated alkanes) is 15. The lowest BCUT2D eigenvalue weighted by Gasteiger charge is -2.05. The molecular formula is C23H45NO2. The average molecular weight is 368 g/mol. The predicted molar refractivity (Wildman–Crippen MR) is 113 cm³/mol. The van der Waals surface area contributed by atoms with Gasteiger partial charge in [0, 0.05) is 5.57 Å². The van der Waals surface area contributed by atoms with Crippen LogP contribution < -0.4 is 5.73 Å². The van der Waals surface area contributed by atoms with E-state index < -0.39 is 0 Å². The van der Waals surface area contributed by atoms with Gasteiger partial charge in [0.2, 0.25) is 0 Å². The van der Waals surface area contributed by atoms with E-state index in [9.17, 15) is 4.79 Å². The molecule has 0 spiro atoms. The van der Waals surface area contributed by atoms with E-state index in [-0.39, 0.29) is 5.97 Å². The third-order valence-electron chi connectivity index (χ3n) is 5.09. The van der Waals surface area contributed by atoms with Gasteiger partial charge in [0.05, 0.1) is 6.61 Å². The monoisotopic (exact) mass is 367 g/mol. The summed E-state index contributed by atoms with van der Waals surface area (Å²) < 4.78 is 5.21. The maximum absolute atomic E-state index is 11.5. The summed E-state index contributed by atoms with van der Waals surface area (Å²) in [5, 5.41) is 0. The molecule has 3 heteroatoms. The number of hydrogen-bond acceptors (Lipinski definition) is 3. The van der Waals surface area contributed by atoms with Crippen molar-refractivity contribution in [2.45, 2.75) is 117 Å². The number of ether oxygens (including phenoxy) is 1. The van der Waals surface area contributed by atoms with Crippen molar-refractivity contribution in [3.8, 4) is 0 Å². The fourth-order valence-corrected chi connectivity index (χ4v) is 3.12. The first kappa shape index (κ1) is 25.2. The van der Waals surface area contributed by atoms with E-state index in [1.54, 1.807) is 13.0 Å². The molecule has 2 N–H and O–H groups in total. The van der Waals surface area contributed by atoms with Crippen LogP contribution in [0.15, 0.2) is 11.6 Å².